The van der Waals surface area contributed by atoms with Crippen molar-refractivity contribution in [2.24, 2.45) is 0 Å². The molecule has 0 radical (unpaired) electrons. The van der Waals surface area contributed by atoms with Gasteiger partial charge >= 0.3 is 0 Å². The number of para-hydroxylation sites is 1. The molecule has 0 saturated carbocycles. The van der Waals surface area contributed by atoms with Crippen molar-refractivity contribution in [1.29, 1.82) is 0 Å². The van der Waals surface area contributed by atoms with E-state index in [2.05, 4.69) is 10.3 Å². The van der Waals surface area contributed by atoms with E-state index in [1.54, 1.807) is 24.4 Å². The second kappa shape index (κ2) is 7.99. The van der Waals surface area contributed by atoms with Crippen LogP contribution in [0.2, 0.25) is 0 Å². The van der Waals surface area contributed by atoms with Crippen molar-refractivity contribution >= 4 is 23.2 Å². The van der Waals surface area contributed by atoms with Crippen LogP contribution in [0.3, 0.4) is 0 Å². The van der Waals surface area contributed by atoms with Gasteiger partial charge in [-0.25, -0.2) is 4.98 Å². The third-order valence-corrected chi connectivity index (χ3v) is 5.16. The number of rotatable bonds is 4. The van der Waals surface area contributed by atoms with Gasteiger partial charge in [-0.15, -0.1) is 0 Å². The van der Waals surface area contributed by atoms with Crippen LogP contribution in [0.15, 0.2) is 54.7 Å². The summed E-state index contributed by atoms with van der Waals surface area (Å²) < 4.78 is 5.91. The van der Waals surface area contributed by atoms with Crippen molar-refractivity contribution in [3.63, 3.8) is 0 Å². The highest BCUT2D eigenvalue weighted by atomic mass is 16.5. The number of nitrogens with zero attached hydrogens (tertiary/aromatic N) is 2. The van der Waals surface area contributed by atoms with Gasteiger partial charge in [0, 0.05) is 11.9 Å². The minimum Gasteiger partial charge on any atom is -0.436 e. The second-order valence-electron chi connectivity index (χ2n) is 7.33. The summed E-state index contributed by atoms with van der Waals surface area (Å²) in [4.78, 5) is 32.0. The summed E-state index contributed by atoms with van der Waals surface area (Å²) in [7, 11) is 0. The molecule has 0 bridgehead atoms. The van der Waals surface area contributed by atoms with Crippen molar-refractivity contribution < 1.29 is 14.3 Å². The van der Waals surface area contributed by atoms with Gasteiger partial charge in [0.1, 0.15) is 12.1 Å². The summed E-state index contributed by atoms with van der Waals surface area (Å²) in [5.74, 6) is 0.136. The number of carbonyl (C=O) groups excluding carboxylic acids is 2. The summed E-state index contributed by atoms with van der Waals surface area (Å²) in [6.45, 7) is 5.80. The Balaban J connectivity index is 1.70. The Labute approximate surface area is 175 Å². The first kappa shape index (κ1) is 19.6. The topological polar surface area (TPSA) is 71.5 Å². The fourth-order valence-electron chi connectivity index (χ4n) is 3.60. The standard InChI is InChI=1S/C24H23N3O3/c1-4-17-8-5-7-16(3)22(17)26-21(28)14-27-19-13-15(2)10-11-20(19)30-23-18(24(27)29)9-6-12-25-23/h5-13H,4,14H2,1-3H3,(H,26,28). The molecule has 3 aromatic rings. The molecule has 0 unspecified atom stereocenters. The molecule has 1 aliphatic rings. The molecule has 6 nitrogen and oxygen atoms in total. The number of aryl methyl sites for hydroxylation is 3. The van der Waals surface area contributed by atoms with Crippen LogP contribution >= 0.6 is 0 Å². The summed E-state index contributed by atoms with van der Waals surface area (Å²) in [6.07, 6.45) is 2.38. The van der Waals surface area contributed by atoms with E-state index in [4.69, 9.17) is 4.74 Å². The number of benzene rings is 2. The number of anilines is 2. The third-order valence-electron chi connectivity index (χ3n) is 5.16. The zero-order valence-electron chi connectivity index (χ0n) is 17.2. The van der Waals surface area contributed by atoms with Crippen molar-refractivity contribution in [3.05, 3.63) is 77.0 Å². The molecule has 1 aliphatic heterocycles. The number of carbonyl (C=O) groups is 2. The molecule has 0 atom stereocenters. The van der Waals surface area contributed by atoms with Crippen molar-refractivity contribution in [1.82, 2.24) is 4.98 Å². The van der Waals surface area contributed by atoms with Crippen LogP contribution in [0.4, 0.5) is 11.4 Å². The van der Waals surface area contributed by atoms with Gasteiger partial charge in [0.25, 0.3) is 5.91 Å². The lowest BCUT2D eigenvalue weighted by atomic mass is 10.1. The van der Waals surface area contributed by atoms with Gasteiger partial charge in [0.15, 0.2) is 5.75 Å². The first-order chi connectivity index (χ1) is 14.5. The highest BCUT2D eigenvalue weighted by Gasteiger charge is 2.30. The lowest BCUT2D eigenvalue weighted by Gasteiger charge is -2.22. The molecule has 2 amide bonds. The van der Waals surface area contributed by atoms with E-state index in [0.717, 1.165) is 28.8 Å². The number of hydrogen-bond acceptors (Lipinski definition) is 4. The Bertz CT molecular complexity index is 1140. The molecule has 1 aromatic heterocycles. The highest BCUT2D eigenvalue weighted by molar-refractivity contribution is 6.12. The third kappa shape index (κ3) is 3.64. The molecule has 6 heteroatoms. The van der Waals surface area contributed by atoms with Gasteiger partial charge < -0.3 is 10.1 Å². The van der Waals surface area contributed by atoms with E-state index < -0.39 is 0 Å². The SMILES string of the molecule is CCc1cccc(C)c1NC(=O)CN1C(=O)c2cccnc2Oc2ccc(C)cc21. The number of amides is 2. The number of nitrogens with one attached hydrogen (secondary N) is 1. The molecular formula is C24H23N3O3. The lowest BCUT2D eigenvalue weighted by molar-refractivity contribution is -0.114. The number of pyridine rings is 1. The van der Waals surface area contributed by atoms with E-state index in [9.17, 15) is 9.59 Å². The van der Waals surface area contributed by atoms with E-state index in [-0.39, 0.29) is 24.2 Å². The monoisotopic (exact) mass is 401 g/mol. The first-order valence-electron chi connectivity index (χ1n) is 9.91. The van der Waals surface area contributed by atoms with Gasteiger partial charge in [-0.1, -0.05) is 31.2 Å². The molecular weight excluding hydrogens is 378 g/mol. The minimum absolute atomic E-state index is 0.134. The van der Waals surface area contributed by atoms with Crippen LogP contribution in [0, 0.1) is 13.8 Å². The lowest BCUT2D eigenvalue weighted by Crippen LogP contribution is -2.38. The normalized spacial score (nSPS) is 12.5. The Kier molecular flexibility index (Phi) is 5.23. The van der Waals surface area contributed by atoms with Gasteiger partial charge in [-0.2, -0.15) is 0 Å². The summed E-state index contributed by atoms with van der Waals surface area (Å²) >= 11 is 0. The second-order valence-corrected chi connectivity index (χ2v) is 7.33. The molecule has 30 heavy (non-hydrogen) atoms. The van der Waals surface area contributed by atoms with Crippen LogP contribution in [-0.2, 0) is 11.2 Å². The molecule has 0 saturated heterocycles. The van der Waals surface area contributed by atoms with Crippen LogP contribution in [0.5, 0.6) is 11.6 Å². The summed E-state index contributed by atoms with van der Waals surface area (Å²) in [6, 6.07) is 14.8. The van der Waals surface area contributed by atoms with Gasteiger partial charge in [0.2, 0.25) is 11.8 Å². The quantitative estimate of drug-likeness (QED) is 0.691. The minimum atomic E-state index is -0.321. The molecule has 1 N–H and O–H groups in total. The van der Waals surface area contributed by atoms with E-state index in [1.807, 2.05) is 51.1 Å². The van der Waals surface area contributed by atoms with Crippen LogP contribution in [0.25, 0.3) is 0 Å². The molecule has 0 spiro atoms. The van der Waals surface area contributed by atoms with Crippen molar-refractivity contribution in [2.75, 3.05) is 16.8 Å². The number of ether oxygens (including phenoxy) is 1. The number of fused-ring (bicyclic) bond motifs is 2. The zero-order valence-corrected chi connectivity index (χ0v) is 17.2. The molecule has 2 aromatic carbocycles. The molecule has 2 heterocycles. The molecule has 152 valence electrons. The number of hydrogen-bond donors (Lipinski definition) is 1. The Morgan fingerprint density at radius 2 is 1.97 bits per heavy atom. The number of aromatic nitrogens is 1. The largest absolute Gasteiger partial charge is 0.436 e. The van der Waals surface area contributed by atoms with Gasteiger partial charge in [-0.05, 0) is 61.2 Å². The zero-order chi connectivity index (χ0) is 21.3. The molecule has 0 fully saturated rings. The van der Waals surface area contributed by atoms with E-state index in [0.29, 0.717) is 17.0 Å². The fourth-order valence-corrected chi connectivity index (χ4v) is 3.60. The molecule has 4 rings (SSSR count). The van der Waals surface area contributed by atoms with Crippen LogP contribution < -0.4 is 15.0 Å². The summed E-state index contributed by atoms with van der Waals surface area (Å²) in [5, 5.41) is 3.00. The van der Waals surface area contributed by atoms with E-state index >= 15 is 0 Å². The maximum Gasteiger partial charge on any atom is 0.264 e. The maximum atomic E-state index is 13.3. The average molecular weight is 401 g/mol. The summed E-state index contributed by atoms with van der Waals surface area (Å²) in [5.41, 5.74) is 4.67. The Hall–Kier alpha value is -3.67. The first-order valence-corrected chi connectivity index (χ1v) is 9.91. The van der Waals surface area contributed by atoms with Gasteiger partial charge in [0.05, 0.1) is 5.69 Å². The Morgan fingerprint density at radius 1 is 1.13 bits per heavy atom. The van der Waals surface area contributed by atoms with Crippen molar-refractivity contribution in [3.8, 4) is 11.6 Å². The van der Waals surface area contributed by atoms with Crippen LogP contribution in [0.1, 0.15) is 34.0 Å². The molecule has 0 aliphatic carbocycles. The maximum absolute atomic E-state index is 13.3. The van der Waals surface area contributed by atoms with Crippen molar-refractivity contribution in [2.45, 2.75) is 27.2 Å². The van der Waals surface area contributed by atoms with Gasteiger partial charge in [-0.3, -0.25) is 14.5 Å². The predicted molar refractivity (Wildman–Crippen MR) is 116 cm³/mol. The van der Waals surface area contributed by atoms with Crippen LogP contribution in [-0.4, -0.2) is 23.3 Å². The smallest absolute Gasteiger partial charge is 0.264 e. The fraction of sp³-hybridized carbons (Fsp3) is 0.208. The Morgan fingerprint density at radius 3 is 2.77 bits per heavy atom. The highest BCUT2D eigenvalue weighted by Crippen LogP contribution is 2.38. The average Bonchev–Trinajstić information content (AvgIpc) is 2.85. The van der Waals surface area contributed by atoms with E-state index in [1.165, 1.54) is 4.90 Å². The predicted octanol–water partition coefficient (Wildman–Crippen LogP) is 4.65.